The molecular weight excluding hydrogens is 233 g/mol. The predicted molar refractivity (Wildman–Crippen MR) is 69.6 cm³/mol. The molecule has 0 atom stereocenters. The molecule has 0 aliphatic heterocycles. The minimum Gasteiger partial charge on any atom is -0.494 e. The Morgan fingerprint density at radius 2 is 2.06 bits per heavy atom. The van der Waals surface area contributed by atoms with Crippen molar-refractivity contribution in [3.05, 3.63) is 39.9 Å². The molecule has 0 saturated carbocycles. The van der Waals surface area contributed by atoms with Gasteiger partial charge in [-0.15, -0.1) is 0 Å². The van der Waals surface area contributed by atoms with Gasteiger partial charge in [0.15, 0.2) is 5.43 Å². The summed E-state index contributed by atoms with van der Waals surface area (Å²) in [5.41, 5.74) is 1.21. The third kappa shape index (κ3) is 2.37. The van der Waals surface area contributed by atoms with Crippen LogP contribution in [0.15, 0.2) is 23.0 Å². The van der Waals surface area contributed by atoms with Gasteiger partial charge in [0.05, 0.1) is 18.0 Å². The first-order chi connectivity index (χ1) is 8.51. The monoisotopic (exact) mass is 249 g/mol. The molecule has 2 aromatic rings. The topological polar surface area (TPSA) is 42.1 Å². The van der Waals surface area contributed by atoms with E-state index in [2.05, 4.69) is 18.8 Å². The average molecular weight is 249 g/mol. The van der Waals surface area contributed by atoms with E-state index in [0.717, 1.165) is 12.1 Å². The Balaban J connectivity index is 2.70. The number of hydrogen-bond donors (Lipinski definition) is 1. The van der Waals surface area contributed by atoms with Crippen LogP contribution in [-0.4, -0.2) is 12.1 Å². The van der Waals surface area contributed by atoms with Gasteiger partial charge in [-0.25, -0.2) is 4.39 Å². The Labute approximate surface area is 105 Å². The number of methoxy groups -OCH3 is 1. The number of hydrogen-bond acceptors (Lipinski definition) is 2. The summed E-state index contributed by atoms with van der Waals surface area (Å²) in [4.78, 5) is 15.1. The van der Waals surface area contributed by atoms with Gasteiger partial charge in [0.25, 0.3) is 0 Å². The summed E-state index contributed by atoms with van der Waals surface area (Å²) in [5.74, 6) is 0.318. The molecule has 1 N–H and O–H groups in total. The summed E-state index contributed by atoms with van der Waals surface area (Å²) < 4.78 is 18.5. The first-order valence-electron chi connectivity index (χ1n) is 5.90. The fourth-order valence-corrected chi connectivity index (χ4v) is 2.05. The minimum absolute atomic E-state index is 0.183. The third-order valence-electron chi connectivity index (χ3n) is 2.77. The molecule has 0 amide bonds. The lowest BCUT2D eigenvalue weighted by Crippen LogP contribution is -2.08. The van der Waals surface area contributed by atoms with Crippen molar-refractivity contribution in [3.63, 3.8) is 0 Å². The van der Waals surface area contributed by atoms with Crippen molar-refractivity contribution < 1.29 is 9.13 Å². The molecule has 18 heavy (non-hydrogen) atoms. The Morgan fingerprint density at radius 1 is 1.33 bits per heavy atom. The number of aromatic nitrogens is 1. The van der Waals surface area contributed by atoms with Crippen LogP contribution in [0.25, 0.3) is 10.9 Å². The molecule has 0 radical (unpaired) electrons. The number of aromatic amines is 1. The van der Waals surface area contributed by atoms with Gasteiger partial charge in [-0.1, -0.05) is 13.8 Å². The molecule has 2 rings (SSSR count). The number of rotatable bonds is 3. The second-order valence-electron chi connectivity index (χ2n) is 4.79. The third-order valence-corrected chi connectivity index (χ3v) is 2.77. The first-order valence-corrected chi connectivity index (χ1v) is 5.90. The molecule has 0 bridgehead atoms. The summed E-state index contributed by atoms with van der Waals surface area (Å²) in [7, 11) is 1.46. The van der Waals surface area contributed by atoms with Gasteiger partial charge in [0.1, 0.15) is 11.6 Å². The van der Waals surface area contributed by atoms with E-state index in [0.29, 0.717) is 22.6 Å². The first kappa shape index (κ1) is 12.6. The second-order valence-corrected chi connectivity index (χ2v) is 4.79. The molecule has 0 saturated heterocycles. The maximum atomic E-state index is 13.3. The number of halogens is 1. The van der Waals surface area contributed by atoms with E-state index in [-0.39, 0.29) is 5.43 Å². The zero-order valence-electron chi connectivity index (χ0n) is 10.7. The van der Waals surface area contributed by atoms with Crippen molar-refractivity contribution >= 4 is 10.9 Å². The van der Waals surface area contributed by atoms with Gasteiger partial charge in [0, 0.05) is 17.8 Å². The molecule has 0 unspecified atom stereocenters. The van der Waals surface area contributed by atoms with E-state index < -0.39 is 5.82 Å². The molecule has 3 nitrogen and oxygen atoms in total. The fraction of sp³-hybridized carbons (Fsp3) is 0.357. The van der Waals surface area contributed by atoms with E-state index in [1.165, 1.54) is 25.3 Å². The number of benzene rings is 1. The van der Waals surface area contributed by atoms with Crippen LogP contribution in [-0.2, 0) is 6.42 Å². The highest BCUT2D eigenvalue weighted by Crippen LogP contribution is 2.23. The maximum Gasteiger partial charge on any atom is 0.189 e. The Morgan fingerprint density at radius 3 is 2.67 bits per heavy atom. The zero-order chi connectivity index (χ0) is 13.3. The Bertz CT molecular complexity index is 631. The van der Waals surface area contributed by atoms with Gasteiger partial charge in [0.2, 0.25) is 0 Å². The number of ether oxygens (including phenoxy) is 1. The summed E-state index contributed by atoms with van der Waals surface area (Å²) >= 11 is 0. The normalized spacial score (nSPS) is 11.2. The lowest BCUT2D eigenvalue weighted by molar-refractivity contribution is 0.415. The molecule has 4 heteroatoms. The Kier molecular flexibility index (Phi) is 3.36. The Hall–Kier alpha value is -1.84. The lowest BCUT2D eigenvalue weighted by atomic mass is 10.1. The van der Waals surface area contributed by atoms with Crippen LogP contribution in [0.2, 0.25) is 0 Å². The van der Waals surface area contributed by atoms with Crippen molar-refractivity contribution in [1.82, 2.24) is 4.98 Å². The highest BCUT2D eigenvalue weighted by atomic mass is 19.1. The van der Waals surface area contributed by atoms with E-state index in [9.17, 15) is 9.18 Å². The fourth-order valence-electron chi connectivity index (χ4n) is 2.05. The van der Waals surface area contributed by atoms with E-state index in [1.807, 2.05) is 0 Å². The van der Waals surface area contributed by atoms with E-state index in [4.69, 9.17) is 4.74 Å². The standard InChI is InChI=1S/C14H16FNO2/c1-8(2)4-10-7-12(17)11-5-9(15)6-13(18-3)14(11)16-10/h5-8H,4H2,1-3H3,(H,16,17). The van der Waals surface area contributed by atoms with Crippen molar-refractivity contribution in [3.8, 4) is 5.75 Å². The van der Waals surface area contributed by atoms with Gasteiger partial charge >= 0.3 is 0 Å². The predicted octanol–water partition coefficient (Wildman–Crippen LogP) is 2.87. The molecule has 1 aromatic heterocycles. The molecule has 0 fully saturated rings. The highest BCUT2D eigenvalue weighted by molar-refractivity contribution is 5.84. The summed E-state index contributed by atoms with van der Waals surface area (Å²) in [6, 6.07) is 4.04. The van der Waals surface area contributed by atoms with E-state index in [1.54, 1.807) is 0 Å². The summed E-state index contributed by atoms with van der Waals surface area (Å²) in [6.07, 6.45) is 0.770. The average Bonchev–Trinajstić information content (AvgIpc) is 2.28. The smallest absolute Gasteiger partial charge is 0.189 e. The quantitative estimate of drug-likeness (QED) is 0.908. The summed E-state index contributed by atoms with van der Waals surface area (Å²) in [6.45, 7) is 4.15. The largest absolute Gasteiger partial charge is 0.494 e. The number of fused-ring (bicyclic) bond motifs is 1. The van der Waals surface area contributed by atoms with Crippen LogP contribution in [0.4, 0.5) is 4.39 Å². The van der Waals surface area contributed by atoms with Crippen molar-refractivity contribution in [1.29, 1.82) is 0 Å². The van der Waals surface area contributed by atoms with Crippen LogP contribution in [0.5, 0.6) is 5.75 Å². The van der Waals surface area contributed by atoms with Crippen molar-refractivity contribution in [2.24, 2.45) is 5.92 Å². The number of pyridine rings is 1. The SMILES string of the molecule is COc1cc(F)cc2c(=O)cc(CC(C)C)[nH]c12. The molecule has 0 aliphatic carbocycles. The van der Waals surface area contributed by atoms with Crippen LogP contribution >= 0.6 is 0 Å². The van der Waals surface area contributed by atoms with Crippen molar-refractivity contribution in [2.45, 2.75) is 20.3 Å². The van der Waals surface area contributed by atoms with Gasteiger partial charge < -0.3 is 9.72 Å². The van der Waals surface area contributed by atoms with Crippen molar-refractivity contribution in [2.75, 3.05) is 7.11 Å². The molecular formula is C14H16FNO2. The van der Waals surface area contributed by atoms with Gasteiger partial charge in [-0.05, 0) is 18.4 Å². The zero-order valence-corrected chi connectivity index (χ0v) is 10.7. The van der Waals surface area contributed by atoms with Crippen LogP contribution in [0.3, 0.4) is 0 Å². The molecule has 0 aliphatic rings. The lowest BCUT2D eigenvalue weighted by Gasteiger charge is -2.09. The van der Waals surface area contributed by atoms with Crippen LogP contribution < -0.4 is 10.2 Å². The molecule has 96 valence electrons. The highest BCUT2D eigenvalue weighted by Gasteiger charge is 2.10. The van der Waals surface area contributed by atoms with Gasteiger partial charge in [-0.2, -0.15) is 0 Å². The molecule has 1 heterocycles. The maximum absolute atomic E-state index is 13.3. The summed E-state index contributed by atoms with van der Waals surface area (Å²) in [5, 5.41) is 0.319. The van der Waals surface area contributed by atoms with Crippen LogP contribution in [0.1, 0.15) is 19.5 Å². The molecule has 0 spiro atoms. The number of H-pyrrole nitrogens is 1. The van der Waals surface area contributed by atoms with Crippen LogP contribution in [0, 0.1) is 11.7 Å². The second kappa shape index (κ2) is 4.80. The number of nitrogens with one attached hydrogen (secondary N) is 1. The molecule has 1 aromatic carbocycles. The minimum atomic E-state index is -0.471. The van der Waals surface area contributed by atoms with Gasteiger partial charge in [-0.3, -0.25) is 4.79 Å². The van der Waals surface area contributed by atoms with E-state index >= 15 is 0 Å².